The maximum atomic E-state index is 11.5. The van der Waals surface area contributed by atoms with Crippen molar-refractivity contribution >= 4 is 33.0 Å². The molecule has 24 heavy (non-hydrogen) atoms. The van der Waals surface area contributed by atoms with Crippen LogP contribution in [0.1, 0.15) is 16.3 Å². The predicted octanol–water partition coefficient (Wildman–Crippen LogP) is 3.41. The van der Waals surface area contributed by atoms with Gasteiger partial charge in [-0.1, -0.05) is 23.7 Å². The van der Waals surface area contributed by atoms with Crippen molar-refractivity contribution in [2.24, 2.45) is 5.14 Å². The van der Waals surface area contributed by atoms with Gasteiger partial charge >= 0.3 is 0 Å². The lowest BCUT2D eigenvalue weighted by Crippen LogP contribution is -2.12. The van der Waals surface area contributed by atoms with E-state index in [1.807, 2.05) is 25.3 Å². The monoisotopic (exact) mass is 379 g/mol. The highest BCUT2D eigenvalue weighted by atomic mass is 35.5. The largest absolute Gasteiger partial charge is 0.264 e. The average molecular weight is 380 g/mol. The third kappa shape index (κ3) is 3.64. The Hall–Kier alpha value is -1.80. The Labute approximate surface area is 149 Å². The smallest absolute Gasteiger partial charge is 0.239 e. The number of pyridine rings is 1. The van der Waals surface area contributed by atoms with Crippen molar-refractivity contribution in [3.05, 3.63) is 64.0 Å². The molecule has 0 aliphatic rings. The van der Waals surface area contributed by atoms with Crippen molar-refractivity contribution in [1.29, 1.82) is 0 Å². The first-order valence-electron chi connectivity index (χ1n) is 7.02. The minimum atomic E-state index is -3.83. The summed E-state index contributed by atoms with van der Waals surface area (Å²) in [7, 11) is -3.83. The summed E-state index contributed by atoms with van der Waals surface area (Å²) >= 11 is 7.62. The highest BCUT2D eigenvalue weighted by molar-refractivity contribution is 7.89. The molecular weight excluding hydrogens is 366 g/mol. The van der Waals surface area contributed by atoms with Crippen LogP contribution in [0.5, 0.6) is 0 Å². The van der Waals surface area contributed by atoms with Gasteiger partial charge < -0.3 is 0 Å². The third-order valence-electron chi connectivity index (χ3n) is 3.42. The van der Waals surface area contributed by atoms with Crippen LogP contribution in [0.15, 0.2) is 47.6 Å². The molecule has 124 valence electrons. The molecule has 3 aromatic rings. The van der Waals surface area contributed by atoms with Gasteiger partial charge in [0.1, 0.15) is 4.90 Å². The molecule has 0 saturated carbocycles. The third-order valence-corrected chi connectivity index (χ3v) is 6.02. The summed E-state index contributed by atoms with van der Waals surface area (Å²) in [6, 6.07) is 8.62. The fourth-order valence-corrected chi connectivity index (χ4v) is 4.53. The molecule has 8 heteroatoms. The molecule has 2 heterocycles. The van der Waals surface area contributed by atoms with Crippen LogP contribution in [0, 0.1) is 6.92 Å². The second-order valence-corrected chi connectivity index (χ2v) is 8.27. The van der Waals surface area contributed by atoms with E-state index in [4.69, 9.17) is 16.7 Å². The lowest BCUT2D eigenvalue weighted by molar-refractivity contribution is 0.598. The summed E-state index contributed by atoms with van der Waals surface area (Å²) in [4.78, 5) is 9.57. The average Bonchev–Trinajstić information content (AvgIpc) is 2.87. The summed E-state index contributed by atoms with van der Waals surface area (Å²) in [5, 5.41) is 6.21. The lowest BCUT2D eigenvalue weighted by Gasteiger charge is -2.04. The minimum Gasteiger partial charge on any atom is -0.264 e. The van der Waals surface area contributed by atoms with Gasteiger partial charge in [0.25, 0.3) is 0 Å². The van der Waals surface area contributed by atoms with Gasteiger partial charge in [-0.25, -0.2) is 18.5 Å². The Kier molecular flexibility index (Phi) is 4.69. The molecule has 0 fully saturated rings. The highest BCUT2D eigenvalue weighted by Gasteiger charge is 2.16. The molecule has 0 unspecified atom stereocenters. The van der Waals surface area contributed by atoms with Crippen LogP contribution in [-0.2, 0) is 16.4 Å². The number of aryl methyl sites for hydroxylation is 1. The van der Waals surface area contributed by atoms with E-state index in [9.17, 15) is 8.42 Å². The van der Waals surface area contributed by atoms with Crippen molar-refractivity contribution < 1.29 is 8.42 Å². The van der Waals surface area contributed by atoms with E-state index in [1.54, 1.807) is 29.7 Å². The van der Waals surface area contributed by atoms with Gasteiger partial charge in [-0.05, 0) is 36.2 Å². The van der Waals surface area contributed by atoms with E-state index in [0.717, 1.165) is 26.7 Å². The van der Waals surface area contributed by atoms with Gasteiger partial charge in [0, 0.05) is 18.8 Å². The maximum Gasteiger partial charge on any atom is 0.239 e. The molecule has 0 bridgehead atoms. The van der Waals surface area contributed by atoms with E-state index in [1.165, 1.54) is 6.07 Å². The maximum absolute atomic E-state index is 11.5. The zero-order valence-electron chi connectivity index (χ0n) is 12.7. The number of thiazole rings is 1. The number of sulfonamides is 1. The Balaban J connectivity index is 1.95. The lowest BCUT2D eigenvalue weighted by atomic mass is 10.1. The second kappa shape index (κ2) is 6.60. The van der Waals surface area contributed by atoms with Crippen LogP contribution < -0.4 is 5.14 Å². The fourth-order valence-electron chi connectivity index (χ4n) is 2.35. The molecule has 0 saturated heterocycles. The summed E-state index contributed by atoms with van der Waals surface area (Å²) in [6.07, 6.45) is 4.24. The topological polar surface area (TPSA) is 85.9 Å². The summed E-state index contributed by atoms with van der Waals surface area (Å²) in [5.74, 6) is 0. The molecular formula is C16H14ClN3O2S2. The van der Waals surface area contributed by atoms with Crippen molar-refractivity contribution in [3.8, 4) is 10.4 Å². The number of rotatable bonds is 4. The fraction of sp³-hybridized carbons (Fsp3) is 0.125. The van der Waals surface area contributed by atoms with Crippen molar-refractivity contribution in [3.63, 3.8) is 0 Å². The molecule has 2 aromatic heterocycles. The predicted molar refractivity (Wildman–Crippen MR) is 95.7 cm³/mol. The molecule has 0 aliphatic heterocycles. The van der Waals surface area contributed by atoms with Crippen LogP contribution >= 0.6 is 22.9 Å². The van der Waals surface area contributed by atoms with E-state index >= 15 is 0 Å². The number of nitrogens with two attached hydrogens (primary N) is 1. The normalized spacial score (nSPS) is 11.6. The summed E-state index contributed by atoms with van der Waals surface area (Å²) < 4.78 is 22.9. The van der Waals surface area contributed by atoms with Crippen LogP contribution in [0.25, 0.3) is 10.4 Å². The number of nitrogens with zero attached hydrogens (tertiary/aromatic N) is 2. The standard InChI is InChI=1S/C16H14ClN3O2S2/c1-10-16(12-4-5-14(13(17)8-12)24(18,21)22)23-15(20-10)7-11-3-2-6-19-9-11/h2-6,8-9H,7H2,1H3,(H2,18,21,22). The number of halogens is 1. The Bertz CT molecular complexity index is 986. The van der Waals surface area contributed by atoms with Crippen molar-refractivity contribution in [2.45, 2.75) is 18.2 Å². The first-order valence-corrected chi connectivity index (χ1v) is 9.76. The summed E-state index contributed by atoms with van der Waals surface area (Å²) in [6.45, 7) is 1.92. The Morgan fingerprint density at radius 1 is 1.29 bits per heavy atom. The molecule has 1 aromatic carbocycles. The molecule has 0 spiro atoms. The second-order valence-electron chi connectivity index (χ2n) is 5.25. The van der Waals surface area contributed by atoms with Gasteiger partial charge in [-0.2, -0.15) is 0 Å². The number of hydrogen-bond acceptors (Lipinski definition) is 5. The number of primary sulfonamides is 1. The number of hydrogen-bond donors (Lipinski definition) is 1. The number of aromatic nitrogens is 2. The van der Waals surface area contributed by atoms with E-state index in [-0.39, 0.29) is 9.92 Å². The van der Waals surface area contributed by atoms with Gasteiger partial charge in [0.05, 0.1) is 20.6 Å². The SMILES string of the molecule is Cc1nc(Cc2cccnc2)sc1-c1ccc(S(N)(=O)=O)c(Cl)c1. The molecule has 0 aliphatic carbocycles. The highest BCUT2D eigenvalue weighted by Crippen LogP contribution is 2.34. The van der Waals surface area contributed by atoms with Crippen molar-refractivity contribution in [2.75, 3.05) is 0 Å². The number of benzene rings is 1. The van der Waals surface area contributed by atoms with Crippen LogP contribution in [0.2, 0.25) is 5.02 Å². The van der Waals surface area contributed by atoms with Crippen LogP contribution in [0.4, 0.5) is 0 Å². The van der Waals surface area contributed by atoms with Crippen LogP contribution in [0.3, 0.4) is 0 Å². The Morgan fingerprint density at radius 3 is 2.71 bits per heavy atom. The van der Waals surface area contributed by atoms with Crippen LogP contribution in [-0.4, -0.2) is 18.4 Å². The first-order chi connectivity index (χ1) is 11.3. The quantitative estimate of drug-likeness (QED) is 0.752. The van der Waals surface area contributed by atoms with Gasteiger partial charge in [0.15, 0.2) is 0 Å². The zero-order valence-corrected chi connectivity index (χ0v) is 15.1. The summed E-state index contributed by atoms with van der Waals surface area (Å²) in [5.41, 5.74) is 2.78. The molecule has 0 atom stereocenters. The molecule has 3 rings (SSSR count). The molecule has 2 N–H and O–H groups in total. The van der Waals surface area contributed by atoms with Gasteiger partial charge in [-0.3, -0.25) is 4.98 Å². The molecule has 0 radical (unpaired) electrons. The van der Waals surface area contributed by atoms with Gasteiger partial charge in [0.2, 0.25) is 10.0 Å². The minimum absolute atomic E-state index is 0.0781. The molecule has 0 amide bonds. The van der Waals surface area contributed by atoms with E-state index < -0.39 is 10.0 Å². The molecule has 5 nitrogen and oxygen atoms in total. The van der Waals surface area contributed by atoms with E-state index in [0.29, 0.717) is 6.42 Å². The first kappa shape index (κ1) is 17.0. The Morgan fingerprint density at radius 2 is 2.08 bits per heavy atom. The van der Waals surface area contributed by atoms with Crippen molar-refractivity contribution in [1.82, 2.24) is 9.97 Å². The zero-order chi connectivity index (χ0) is 17.3. The van der Waals surface area contributed by atoms with E-state index in [2.05, 4.69) is 9.97 Å². The van der Waals surface area contributed by atoms with Gasteiger partial charge in [-0.15, -0.1) is 11.3 Å².